The van der Waals surface area contributed by atoms with E-state index >= 15 is 0 Å². The minimum atomic E-state index is -0.890. The molecular weight excluding hydrogens is 398 g/mol. The summed E-state index contributed by atoms with van der Waals surface area (Å²) in [7, 11) is 0. The molecule has 0 aliphatic carbocycles. The second-order valence-electron chi connectivity index (χ2n) is 5.64. The van der Waals surface area contributed by atoms with Gasteiger partial charge in [0.05, 0.1) is 18.3 Å². The number of nitrogens with zero attached hydrogens (tertiary/aromatic N) is 1. The van der Waals surface area contributed by atoms with Crippen molar-refractivity contribution in [3.63, 3.8) is 0 Å². The second-order valence-corrected chi connectivity index (χ2v) is 6.90. The zero-order valence-electron chi connectivity index (χ0n) is 13.8. The Balaban J connectivity index is 1.78. The third-order valence-electron chi connectivity index (χ3n) is 3.80. The van der Waals surface area contributed by atoms with E-state index < -0.39 is 28.6 Å². The molecule has 1 aromatic carbocycles. The number of hydrogen-bond acceptors (Lipinski definition) is 5. The van der Waals surface area contributed by atoms with Crippen LogP contribution in [0.2, 0.25) is 5.02 Å². The van der Waals surface area contributed by atoms with Gasteiger partial charge in [-0.15, -0.1) is 11.3 Å². The van der Waals surface area contributed by atoms with Gasteiger partial charge in [-0.25, -0.2) is 13.8 Å². The SMILES string of the molecule is NC[C@H](NC(=O)c1ccc(-c2cc(F)c(Cl)c(F)c2)[nH]1)c1nc(CO)cs1. The van der Waals surface area contributed by atoms with Gasteiger partial charge in [0.2, 0.25) is 0 Å². The Morgan fingerprint density at radius 3 is 2.67 bits per heavy atom. The van der Waals surface area contributed by atoms with Gasteiger partial charge in [-0.2, -0.15) is 0 Å². The number of hydrogen-bond donors (Lipinski definition) is 4. The molecule has 10 heteroatoms. The molecule has 1 atom stereocenters. The number of rotatable bonds is 6. The van der Waals surface area contributed by atoms with Crippen LogP contribution in [-0.4, -0.2) is 27.5 Å². The van der Waals surface area contributed by atoms with Crippen LogP contribution in [-0.2, 0) is 6.61 Å². The van der Waals surface area contributed by atoms with Crippen molar-refractivity contribution in [1.82, 2.24) is 15.3 Å². The zero-order valence-corrected chi connectivity index (χ0v) is 15.4. The normalized spacial score (nSPS) is 12.2. The number of carbonyl (C=O) groups is 1. The van der Waals surface area contributed by atoms with E-state index in [4.69, 9.17) is 22.4 Å². The number of benzene rings is 1. The molecule has 0 aliphatic rings. The van der Waals surface area contributed by atoms with Crippen molar-refractivity contribution >= 4 is 28.8 Å². The molecular formula is C17H15ClF2N4O2S. The fourth-order valence-electron chi connectivity index (χ4n) is 2.42. The number of amides is 1. The molecule has 6 nitrogen and oxygen atoms in total. The third kappa shape index (κ3) is 4.16. The molecule has 2 aromatic heterocycles. The van der Waals surface area contributed by atoms with Crippen LogP contribution in [0.4, 0.5) is 8.78 Å². The van der Waals surface area contributed by atoms with Crippen LogP contribution in [0, 0.1) is 11.6 Å². The van der Waals surface area contributed by atoms with E-state index in [2.05, 4.69) is 15.3 Å². The van der Waals surface area contributed by atoms with Crippen LogP contribution in [0.5, 0.6) is 0 Å². The minimum absolute atomic E-state index is 0.116. The molecule has 0 aliphatic heterocycles. The largest absolute Gasteiger partial charge is 0.390 e. The fraction of sp³-hybridized carbons (Fsp3) is 0.176. The number of halogens is 3. The van der Waals surface area contributed by atoms with Crippen molar-refractivity contribution in [3.8, 4) is 11.3 Å². The Morgan fingerprint density at radius 2 is 2.07 bits per heavy atom. The van der Waals surface area contributed by atoms with Crippen LogP contribution in [0.3, 0.4) is 0 Å². The van der Waals surface area contributed by atoms with Crippen molar-refractivity contribution in [1.29, 1.82) is 0 Å². The first-order chi connectivity index (χ1) is 12.9. The summed E-state index contributed by atoms with van der Waals surface area (Å²) in [6, 6.07) is 4.65. The summed E-state index contributed by atoms with van der Waals surface area (Å²) in [5.74, 6) is -2.23. The molecule has 1 amide bonds. The van der Waals surface area contributed by atoms with Gasteiger partial charge in [-0.3, -0.25) is 4.79 Å². The number of aromatic nitrogens is 2. The van der Waals surface area contributed by atoms with Crippen LogP contribution in [0.25, 0.3) is 11.3 Å². The molecule has 142 valence electrons. The standard InChI is InChI=1S/C17H15ClF2N4O2S/c18-15-10(19)3-8(4-11(15)20)12-1-2-13(23-12)16(26)24-14(5-21)17-22-9(6-25)7-27-17/h1-4,7,14,23,25H,5-6,21H2,(H,24,26)/t14-/m0/s1. The van der Waals surface area contributed by atoms with Gasteiger partial charge in [0, 0.05) is 23.2 Å². The maximum absolute atomic E-state index is 13.6. The van der Waals surface area contributed by atoms with Gasteiger partial charge in [0.15, 0.2) is 0 Å². The number of nitrogens with two attached hydrogens (primary N) is 1. The van der Waals surface area contributed by atoms with Gasteiger partial charge in [-0.05, 0) is 24.3 Å². The summed E-state index contributed by atoms with van der Waals surface area (Å²) >= 11 is 6.76. The van der Waals surface area contributed by atoms with Crippen LogP contribution in [0.15, 0.2) is 29.6 Å². The highest BCUT2D eigenvalue weighted by atomic mass is 35.5. The molecule has 0 unspecified atom stereocenters. The highest BCUT2D eigenvalue weighted by Crippen LogP contribution is 2.27. The van der Waals surface area contributed by atoms with Gasteiger partial charge < -0.3 is 21.1 Å². The first-order valence-corrected chi connectivity index (χ1v) is 9.08. The molecule has 0 fully saturated rings. The lowest BCUT2D eigenvalue weighted by Gasteiger charge is -2.13. The van der Waals surface area contributed by atoms with Crippen LogP contribution in [0.1, 0.15) is 27.2 Å². The Kier molecular flexibility index (Phi) is 5.85. The van der Waals surface area contributed by atoms with Gasteiger partial charge >= 0.3 is 0 Å². The van der Waals surface area contributed by atoms with Crippen molar-refractivity contribution in [2.24, 2.45) is 5.73 Å². The lowest BCUT2D eigenvalue weighted by Crippen LogP contribution is -2.33. The molecule has 5 N–H and O–H groups in total. The molecule has 3 aromatic rings. The third-order valence-corrected chi connectivity index (χ3v) is 5.16. The number of thiazole rings is 1. The lowest BCUT2D eigenvalue weighted by atomic mass is 10.1. The first-order valence-electron chi connectivity index (χ1n) is 7.83. The number of H-pyrrole nitrogens is 1. The highest BCUT2D eigenvalue weighted by molar-refractivity contribution is 7.09. The summed E-state index contributed by atoms with van der Waals surface area (Å²) in [4.78, 5) is 19.5. The molecule has 0 saturated heterocycles. The quantitative estimate of drug-likeness (QED) is 0.467. The summed E-state index contributed by atoms with van der Waals surface area (Å²) in [6.45, 7) is -0.0821. The van der Waals surface area contributed by atoms with Crippen molar-refractivity contribution < 1.29 is 18.7 Å². The maximum atomic E-state index is 13.6. The summed E-state index contributed by atoms with van der Waals surface area (Å²) in [5.41, 5.74) is 6.97. The maximum Gasteiger partial charge on any atom is 0.268 e. The average molecular weight is 413 g/mol. The van der Waals surface area contributed by atoms with Gasteiger partial charge in [-0.1, -0.05) is 11.6 Å². The average Bonchev–Trinajstić information content (AvgIpc) is 3.33. The Bertz CT molecular complexity index is 953. The lowest BCUT2D eigenvalue weighted by molar-refractivity contribution is 0.0933. The topological polar surface area (TPSA) is 104 Å². The smallest absolute Gasteiger partial charge is 0.268 e. The number of aliphatic hydroxyl groups excluding tert-OH is 1. The van der Waals surface area contributed by atoms with E-state index in [1.54, 1.807) is 5.38 Å². The van der Waals surface area contributed by atoms with Crippen molar-refractivity contribution in [2.45, 2.75) is 12.6 Å². The van der Waals surface area contributed by atoms with E-state index in [1.807, 2.05) is 0 Å². The first kappa shape index (κ1) is 19.4. The monoisotopic (exact) mass is 412 g/mol. The van der Waals surface area contributed by atoms with E-state index in [0.717, 1.165) is 12.1 Å². The van der Waals surface area contributed by atoms with Gasteiger partial charge in [0.25, 0.3) is 5.91 Å². The predicted molar refractivity (Wildman–Crippen MR) is 98.5 cm³/mol. The predicted octanol–water partition coefficient (Wildman–Crippen LogP) is 2.99. The highest BCUT2D eigenvalue weighted by Gasteiger charge is 2.19. The zero-order chi connectivity index (χ0) is 19.6. The molecule has 0 radical (unpaired) electrons. The van der Waals surface area contributed by atoms with E-state index in [1.165, 1.54) is 23.5 Å². The number of aromatic amines is 1. The number of carbonyl (C=O) groups excluding carboxylic acids is 1. The molecule has 2 heterocycles. The Hall–Kier alpha value is -2.33. The van der Waals surface area contributed by atoms with E-state index in [0.29, 0.717) is 16.4 Å². The number of nitrogens with one attached hydrogen (secondary N) is 2. The molecule has 0 saturated carbocycles. The molecule has 27 heavy (non-hydrogen) atoms. The Labute approximate surface area is 162 Å². The molecule has 0 bridgehead atoms. The van der Waals surface area contributed by atoms with Crippen molar-refractivity contribution in [3.05, 3.63) is 62.7 Å². The summed E-state index contributed by atoms with van der Waals surface area (Å²) in [6.07, 6.45) is 0. The van der Waals surface area contributed by atoms with Crippen LogP contribution >= 0.6 is 22.9 Å². The second kappa shape index (κ2) is 8.13. The van der Waals surface area contributed by atoms with E-state index in [9.17, 15) is 13.6 Å². The molecule has 0 spiro atoms. The fourth-order valence-corrected chi connectivity index (χ4v) is 3.40. The number of aliphatic hydroxyl groups is 1. The molecule has 3 rings (SSSR count). The van der Waals surface area contributed by atoms with Crippen molar-refractivity contribution in [2.75, 3.05) is 6.54 Å². The summed E-state index contributed by atoms with van der Waals surface area (Å²) < 4.78 is 27.3. The summed E-state index contributed by atoms with van der Waals surface area (Å²) in [5, 5.41) is 13.5. The van der Waals surface area contributed by atoms with Crippen LogP contribution < -0.4 is 11.1 Å². The Morgan fingerprint density at radius 1 is 1.37 bits per heavy atom. The van der Waals surface area contributed by atoms with E-state index in [-0.39, 0.29) is 24.4 Å². The van der Waals surface area contributed by atoms with Gasteiger partial charge in [0.1, 0.15) is 27.4 Å². The minimum Gasteiger partial charge on any atom is -0.390 e.